The van der Waals surface area contributed by atoms with E-state index in [-0.39, 0.29) is 17.4 Å². The molecular formula is C22H25FN2O3. The van der Waals surface area contributed by atoms with Crippen LogP contribution in [0.4, 0.5) is 9.18 Å². The Labute approximate surface area is 164 Å². The van der Waals surface area contributed by atoms with Gasteiger partial charge >= 0.3 is 6.03 Å². The first-order valence-corrected chi connectivity index (χ1v) is 9.68. The van der Waals surface area contributed by atoms with Gasteiger partial charge in [0.15, 0.2) is 0 Å². The van der Waals surface area contributed by atoms with E-state index in [9.17, 15) is 9.18 Å². The molecule has 1 N–H and O–H groups in total. The minimum Gasteiger partial charge on any atom is -0.497 e. The molecule has 1 saturated heterocycles. The molecular weight excluding hydrogens is 359 g/mol. The van der Waals surface area contributed by atoms with Crippen LogP contribution < -0.4 is 10.1 Å². The summed E-state index contributed by atoms with van der Waals surface area (Å²) < 4.78 is 24.9. The number of nitrogens with zero attached hydrogens (tertiary/aromatic N) is 1. The molecule has 5 nitrogen and oxygen atoms in total. The molecule has 1 spiro atoms. The van der Waals surface area contributed by atoms with Crippen molar-refractivity contribution < 1.29 is 18.7 Å². The summed E-state index contributed by atoms with van der Waals surface area (Å²) >= 11 is 0. The lowest BCUT2D eigenvalue weighted by atomic mass is 9.79. The first-order valence-electron chi connectivity index (χ1n) is 9.68. The highest BCUT2D eigenvalue weighted by Gasteiger charge is 2.41. The number of carbonyl (C=O) groups is 1. The predicted molar refractivity (Wildman–Crippen MR) is 104 cm³/mol. The van der Waals surface area contributed by atoms with E-state index in [0.29, 0.717) is 26.2 Å². The number of nitrogens with one attached hydrogen (secondary N) is 1. The summed E-state index contributed by atoms with van der Waals surface area (Å²) in [4.78, 5) is 14.3. The number of rotatable bonds is 3. The van der Waals surface area contributed by atoms with Gasteiger partial charge in [0, 0.05) is 19.6 Å². The zero-order valence-corrected chi connectivity index (χ0v) is 16.0. The monoisotopic (exact) mass is 384 g/mol. The molecule has 2 heterocycles. The number of likely N-dealkylation sites (tertiary alicyclic amines) is 1. The molecule has 2 aromatic rings. The topological polar surface area (TPSA) is 50.8 Å². The second-order valence-electron chi connectivity index (χ2n) is 7.39. The lowest BCUT2D eigenvalue weighted by Crippen LogP contribution is -2.50. The fourth-order valence-corrected chi connectivity index (χ4v) is 4.20. The van der Waals surface area contributed by atoms with Gasteiger partial charge < -0.3 is 19.7 Å². The van der Waals surface area contributed by atoms with Crippen LogP contribution in [0, 0.1) is 5.82 Å². The van der Waals surface area contributed by atoms with E-state index >= 15 is 0 Å². The van der Waals surface area contributed by atoms with Crippen molar-refractivity contribution in [3.63, 3.8) is 0 Å². The minimum absolute atomic E-state index is 0.120. The average molecular weight is 384 g/mol. The molecule has 4 rings (SSSR count). The maximum Gasteiger partial charge on any atom is 0.317 e. The van der Waals surface area contributed by atoms with Gasteiger partial charge in [-0.25, -0.2) is 9.18 Å². The fraction of sp³-hybridized carbons (Fsp3) is 0.409. The van der Waals surface area contributed by atoms with E-state index in [0.717, 1.165) is 30.6 Å². The molecule has 2 aromatic carbocycles. The van der Waals surface area contributed by atoms with Gasteiger partial charge in [-0.05, 0) is 60.2 Å². The first kappa shape index (κ1) is 18.7. The molecule has 148 valence electrons. The molecule has 28 heavy (non-hydrogen) atoms. The third-order valence-electron chi connectivity index (χ3n) is 5.74. The number of carbonyl (C=O) groups excluding carboxylic acids is 1. The van der Waals surface area contributed by atoms with Gasteiger partial charge in [-0.15, -0.1) is 0 Å². The Hall–Kier alpha value is -2.60. The van der Waals surface area contributed by atoms with E-state index in [1.54, 1.807) is 19.2 Å². The van der Waals surface area contributed by atoms with Crippen molar-refractivity contribution in [1.29, 1.82) is 0 Å². The van der Waals surface area contributed by atoms with Gasteiger partial charge in [0.25, 0.3) is 0 Å². The third kappa shape index (κ3) is 3.69. The van der Waals surface area contributed by atoms with E-state index in [4.69, 9.17) is 9.47 Å². The normalized spacial score (nSPS) is 17.9. The van der Waals surface area contributed by atoms with E-state index in [1.807, 2.05) is 11.0 Å². The van der Waals surface area contributed by atoms with Crippen LogP contribution in [-0.2, 0) is 23.3 Å². The van der Waals surface area contributed by atoms with Crippen molar-refractivity contribution in [3.8, 4) is 5.75 Å². The largest absolute Gasteiger partial charge is 0.497 e. The maximum atomic E-state index is 13.3. The van der Waals surface area contributed by atoms with Crippen LogP contribution in [0.3, 0.4) is 0 Å². The molecule has 2 aliphatic rings. The second-order valence-corrected chi connectivity index (χ2v) is 7.39. The number of piperidine rings is 1. The highest BCUT2D eigenvalue weighted by molar-refractivity contribution is 5.74. The highest BCUT2D eigenvalue weighted by Crippen LogP contribution is 2.42. The van der Waals surface area contributed by atoms with Crippen molar-refractivity contribution >= 4 is 6.03 Å². The maximum absolute atomic E-state index is 13.3. The van der Waals surface area contributed by atoms with Gasteiger partial charge in [0.05, 0.1) is 19.3 Å². The Kier molecular flexibility index (Phi) is 5.22. The number of hydrogen-bond donors (Lipinski definition) is 1. The third-order valence-corrected chi connectivity index (χ3v) is 5.74. The van der Waals surface area contributed by atoms with Crippen LogP contribution >= 0.6 is 0 Å². The molecule has 2 aliphatic heterocycles. The van der Waals surface area contributed by atoms with E-state index in [1.165, 1.54) is 23.3 Å². The Balaban J connectivity index is 1.39. The molecule has 6 heteroatoms. The molecule has 1 fully saturated rings. The summed E-state index contributed by atoms with van der Waals surface area (Å²) in [6.45, 7) is 2.25. The van der Waals surface area contributed by atoms with Crippen molar-refractivity contribution in [2.75, 3.05) is 26.8 Å². The quantitative estimate of drug-likeness (QED) is 0.880. The van der Waals surface area contributed by atoms with Crippen LogP contribution in [0.2, 0.25) is 0 Å². The summed E-state index contributed by atoms with van der Waals surface area (Å²) in [5.74, 6) is 0.571. The zero-order valence-electron chi connectivity index (χ0n) is 16.0. The Morgan fingerprint density at radius 2 is 2.07 bits per heavy atom. The SMILES string of the molecule is COc1ccc2c(c1)CCOC21CCN(C(=O)NCc2cccc(F)c2)CC1. The van der Waals surface area contributed by atoms with Gasteiger partial charge in [0.1, 0.15) is 11.6 Å². The molecule has 0 aliphatic carbocycles. The number of halogens is 1. The average Bonchev–Trinajstić information content (AvgIpc) is 2.72. The first-order chi connectivity index (χ1) is 13.6. The minimum atomic E-state index is -0.320. The Morgan fingerprint density at radius 1 is 1.25 bits per heavy atom. The highest BCUT2D eigenvalue weighted by atomic mass is 19.1. The standard InChI is InChI=1S/C22H25FN2O3/c1-27-19-5-6-20-17(14-19)7-12-28-22(20)8-10-25(11-9-22)21(26)24-15-16-3-2-4-18(23)13-16/h2-6,13-14H,7-12,15H2,1H3,(H,24,26). The summed E-state index contributed by atoms with van der Waals surface area (Å²) in [7, 11) is 1.68. The zero-order chi connectivity index (χ0) is 19.6. The lowest BCUT2D eigenvalue weighted by molar-refractivity contribution is -0.0926. The molecule has 2 amide bonds. The van der Waals surface area contributed by atoms with Gasteiger partial charge in [0.2, 0.25) is 0 Å². The number of fused-ring (bicyclic) bond motifs is 2. The number of ether oxygens (including phenoxy) is 2. The van der Waals surface area contributed by atoms with Crippen LogP contribution in [-0.4, -0.2) is 37.7 Å². The van der Waals surface area contributed by atoms with Crippen molar-refractivity contribution in [2.45, 2.75) is 31.4 Å². The molecule has 0 bridgehead atoms. The molecule has 0 atom stereocenters. The Morgan fingerprint density at radius 3 is 2.82 bits per heavy atom. The van der Waals surface area contributed by atoms with Gasteiger partial charge in [-0.1, -0.05) is 18.2 Å². The molecule has 0 aromatic heterocycles. The van der Waals surface area contributed by atoms with E-state index in [2.05, 4.69) is 17.4 Å². The summed E-state index contributed by atoms with van der Waals surface area (Å²) in [6, 6.07) is 12.3. The second kappa shape index (κ2) is 7.80. The van der Waals surface area contributed by atoms with Crippen molar-refractivity contribution in [2.24, 2.45) is 0 Å². The number of benzene rings is 2. The lowest BCUT2D eigenvalue weighted by Gasteiger charge is -2.45. The summed E-state index contributed by atoms with van der Waals surface area (Å²) in [5.41, 5.74) is 2.92. The molecule has 0 saturated carbocycles. The van der Waals surface area contributed by atoms with E-state index < -0.39 is 0 Å². The van der Waals surface area contributed by atoms with Crippen LogP contribution in [0.25, 0.3) is 0 Å². The van der Waals surface area contributed by atoms with Crippen LogP contribution in [0.5, 0.6) is 5.75 Å². The summed E-state index contributed by atoms with van der Waals surface area (Å²) in [6.07, 6.45) is 2.41. The number of hydrogen-bond acceptors (Lipinski definition) is 3. The number of amides is 2. The van der Waals surface area contributed by atoms with Gasteiger partial charge in [-0.2, -0.15) is 0 Å². The molecule has 0 unspecified atom stereocenters. The van der Waals surface area contributed by atoms with Crippen molar-refractivity contribution in [3.05, 3.63) is 65.0 Å². The smallest absolute Gasteiger partial charge is 0.317 e. The van der Waals surface area contributed by atoms with Crippen molar-refractivity contribution in [1.82, 2.24) is 10.2 Å². The Bertz CT molecular complexity index is 863. The van der Waals surface area contributed by atoms with Crippen LogP contribution in [0.1, 0.15) is 29.5 Å². The number of methoxy groups -OCH3 is 1. The fourth-order valence-electron chi connectivity index (χ4n) is 4.20. The van der Waals surface area contributed by atoms with Gasteiger partial charge in [-0.3, -0.25) is 0 Å². The molecule has 0 radical (unpaired) electrons. The predicted octanol–water partition coefficient (Wildman–Crippen LogP) is 3.61. The summed E-state index contributed by atoms with van der Waals surface area (Å²) in [5, 5.41) is 2.88. The number of urea groups is 1. The van der Waals surface area contributed by atoms with Crippen LogP contribution in [0.15, 0.2) is 42.5 Å².